The lowest BCUT2D eigenvalue weighted by molar-refractivity contribution is 0.0964. The van der Waals surface area contributed by atoms with Crippen LogP contribution in [0.4, 0.5) is 5.69 Å². The Bertz CT molecular complexity index is 869. The predicted octanol–water partition coefficient (Wildman–Crippen LogP) is 1.51. The first-order chi connectivity index (χ1) is 10.7. The van der Waals surface area contributed by atoms with E-state index in [1.54, 1.807) is 39.1 Å². The molecule has 0 bridgehead atoms. The van der Waals surface area contributed by atoms with Crippen molar-refractivity contribution in [3.05, 3.63) is 40.7 Å². The van der Waals surface area contributed by atoms with Gasteiger partial charge in [0.05, 0.1) is 22.6 Å². The van der Waals surface area contributed by atoms with Gasteiger partial charge in [0.1, 0.15) is 4.90 Å². The topological polar surface area (TPSA) is 93.1 Å². The molecule has 0 spiro atoms. The standard InChI is InChI=1S/C15H20N4O3S/c1-9-6-7-13(12(8-9)15(20)16-4)18-23(21,22)14-10(2)17-19(5)11(14)3/h6-8,18H,1-5H3,(H,16,20). The summed E-state index contributed by atoms with van der Waals surface area (Å²) in [4.78, 5) is 12.1. The molecule has 0 atom stereocenters. The number of nitrogens with zero attached hydrogens (tertiary/aromatic N) is 2. The number of aryl methyl sites for hydroxylation is 3. The van der Waals surface area contributed by atoms with Gasteiger partial charge in [0, 0.05) is 14.1 Å². The lowest BCUT2D eigenvalue weighted by atomic mass is 10.1. The Hall–Kier alpha value is -2.35. The summed E-state index contributed by atoms with van der Waals surface area (Å²) in [6.45, 7) is 5.15. The molecule has 8 heteroatoms. The van der Waals surface area contributed by atoms with Crippen molar-refractivity contribution in [3.63, 3.8) is 0 Å². The fraction of sp³-hybridized carbons (Fsp3) is 0.333. The number of rotatable bonds is 4. The lowest BCUT2D eigenvalue weighted by Gasteiger charge is -2.13. The van der Waals surface area contributed by atoms with Gasteiger partial charge < -0.3 is 5.32 Å². The van der Waals surface area contributed by atoms with E-state index in [1.807, 2.05) is 6.92 Å². The Balaban J connectivity index is 2.52. The summed E-state index contributed by atoms with van der Waals surface area (Å²) < 4.78 is 29.4. The summed E-state index contributed by atoms with van der Waals surface area (Å²) in [5.41, 5.74) is 2.31. The third-order valence-corrected chi connectivity index (χ3v) is 5.22. The molecule has 1 aromatic carbocycles. The molecule has 0 fully saturated rings. The summed E-state index contributed by atoms with van der Waals surface area (Å²) in [5, 5.41) is 6.64. The number of hydrogen-bond acceptors (Lipinski definition) is 4. The Labute approximate surface area is 135 Å². The van der Waals surface area contributed by atoms with Gasteiger partial charge in [0.15, 0.2) is 0 Å². The molecule has 1 heterocycles. The molecule has 2 N–H and O–H groups in total. The van der Waals surface area contributed by atoms with Crippen LogP contribution in [0.25, 0.3) is 0 Å². The van der Waals surface area contributed by atoms with Crippen LogP contribution in [-0.4, -0.2) is 31.2 Å². The molecule has 0 radical (unpaired) electrons. The van der Waals surface area contributed by atoms with Gasteiger partial charge in [0.2, 0.25) is 0 Å². The van der Waals surface area contributed by atoms with E-state index < -0.39 is 10.0 Å². The normalized spacial score (nSPS) is 11.3. The molecule has 1 amide bonds. The van der Waals surface area contributed by atoms with Crippen LogP contribution >= 0.6 is 0 Å². The zero-order valence-corrected chi connectivity index (χ0v) is 14.6. The zero-order chi connectivity index (χ0) is 17.4. The van der Waals surface area contributed by atoms with E-state index in [-0.39, 0.29) is 22.1 Å². The Morgan fingerprint density at radius 2 is 1.87 bits per heavy atom. The predicted molar refractivity (Wildman–Crippen MR) is 88.1 cm³/mol. The molecule has 0 saturated carbocycles. The van der Waals surface area contributed by atoms with E-state index in [0.717, 1.165) is 5.56 Å². The maximum atomic E-state index is 12.7. The number of amides is 1. The number of carbonyl (C=O) groups is 1. The molecule has 124 valence electrons. The Morgan fingerprint density at radius 1 is 1.22 bits per heavy atom. The van der Waals surface area contributed by atoms with Crippen LogP contribution in [0.5, 0.6) is 0 Å². The van der Waals surface area contributed by atoms with Gasteiger partial charge in [0.25, 0.3) is 15.9 Å². The maximum absolute atomic E-state index is 12.7. The van der Waals surface area contributed by atoms with E-state index in [1.165, 1.54) is 11.7 Å². The molecule has 2 aromatic rings. The minimum atomic E-state index is -3.84. The van der Waals surface area contributed by atoms with Crippen molar-refractivity contribution in [2.75, 3.05) is 11.8 Å². The summed E-state index contributed by atoms with van der Waals surface area (Å²) in [7, 11) is -0.662. The zero-order valence-electron chi connectivity index (χ0n) is 13.8. The Kier molecular flexibility index (Phi) is 4.46. The van der Waals surface area contributed by atoms with Crippen LogP contribution in [0.3, 0.4) is 0 Å². The van der Waals surface area contributed by atoms with Gasteiger partial charge in [-0.2, -0.15) is 5.10 Å². The summed E-state index contributed by atoms with van der Waals surface area (Å²) in [5.74, 6) is -0.356. The molecular weight excluding hydrogens is 316 g/mol. The van der Waals surface area contributed by atoms with Crippen LogP contribution in [0.15, 0.2) is 23.1 Å². The fourth-order valence-electron chi connectivity index (χ4n) is 2.41. The van der Waals surface area contributed by atoms with Crippen LogP contribution < -0.4 is 10.0 Å². The smallest absolute Gasteiger partial charge is 0.265 e. The van der Waals surface area contributed by atoms with Crippen LogP contribution in [0.1, 0.15) is 27.3 Å². The highest BCUT2D eigenvalue weighted by Gasteiger charge is 2.25. The number of aromatic nitrogens is 2. The fourth-order valence-corrected chi connectivity index (χ4v) is 3.93. The van der Waals surface area contributed by atoms with Gasteiger partial charge in [-0.05, 0) is 32.9 Å². The summed E-state index contributed by atoms with van der Waals surface area (Å²) >= 11 is 0. The summed E-state index contributed by atoms with van der Waals surface area (Å²) in [6, 6.07) is 4.96. The monoisotopic (exact) mass is 336 g/mol. The highest BCUT2D eigenvalue weighted by atomic mass is 32.2. The molecule has 0 saturated heterocycles. The molecule has 0 unspecified atom stereocenters. The molecule has 0 aliphatic rings. The first kappa shape index (κ1) is 17.0. The number of sulfonamides is 1. The van der Waals surface area contributed by atoms with Crippen LogP contribution in [-0.2, 0) is 17.1 Å². The van der Waals surface area contributed by atoms with E-state index in [4.69, 9.17) is 0 Å². The van der Waals surface area contributed by atoms with E-state index in [9.17, 15) is 13.2 Å². The van der Waals surface area contributed by atoms with Crippen molar-refractivity contribution in [1.29, 1.82) is 0 Å². The van der Waals surface area contributed by atoms with Gasteiger partial charge in [-0.15, -0.1) is 0 Å². The van der Waals surface area contributed by atoms with Crippen molar-refractivity contribution in [3.8, 4) is 0 Å². The van der Waals surface area contributed by atoms with Crippen LogP contribution in [0.2, 0.25) is 0 Å². The van der Waals surface area contributed by atoms with Crippen molar-refractivity contribution < 1.29 is 13.2 Å². The van der Waals surface area contributed by atoms with Gasteiger partial charge in [-0.3, -0.25) is 14.2 Å². The minimum Gasteiger partial charge on any atom is -0.355 e. The minimum absolute atomic E-state index is 0.128. The number of hydrogen-bond donors (Lipinski definition) is 2. The number of benzene rings is 1. The average molecular weight is 336 g/mol. The average Bonchev–Trinajstić information content (AvgIpc) is 2.73. The molecule has 23 heavy (non-hydrogen) atoms. The second-order valence-corrected chi connectivity index (χ2v) is 6.98. The maximum Gasteiger partial charge on any atom is 0.265 e. The van der Waals surface area contributed by atoms with E-state index in [2.05, 4.69) is 15.1 Å². The Morgan fingerprint density at radius 3 is 2.39 bits per heavy atom. The number of anilines is 1. The SMILES string of the molecule is CNC(=O)c1cc(C)ccc1NS(=O)(=O)c1c(C)nn(C)c1C. The van der Waals surface area contributed by atoms with Gasteiger partial charge in [-0.25, -0.2) is 8.42 Å². The second kappa shape index (κ2) is 6.04. The first-order valence-corrected chi connectivity index (χ1v) is 8.51. The molecule has 0 aliphatic carbocycles. The molecular formula is C15H20N4O3S. The highest BCUT2D eigenvalue weighted by Crippen LogP contribution is 2.25. The number of nitrogens with one attached hydrogen (secondary N) is 2. The third kappa shape index (κ3) is 3.21. The lowest BCUT2D eigenvalue weighted by Crippen LogP contribution is -2.22. The largest absolute Gasteiger partial charge is 0.355 e. The molecule has 2 rings (SSSR count). The van der Waals surface area contributed by atoms with E-state index in [0.29, 0.717) is 11.4 Å². The molecule has 1 aromatic heterocycles. The van der Waals surface area contributed by atoms with E-state index >= 15 is 0 Å². The van der Waals surface area contributed by atoms with Crippen molar-refractivity contribution in [2.24, 2.45) is 7.05 Å². The summed E-state index contributed by atoms with van der Waals surface area (Å²) in [6.07, 6.45) is 0. The molecule has 0 aliphatic heterocycles. The highest BCUT2D eigenvalue weighted by molar-refractivity contribution is 7.92. The second-order valence-electron chi connectivity index (χ2n) is 5.36. The van der Waals surface area contributed by atoms with Crippen molar-refractivity contribution in [1.82, 2.24) is 15.1 Å². The van der Waals surface area contributed by atoms with Crippen molar-refractivity contribution in [2.45, 2.75) is 25.7 Å². The third-order valence-electron chi connectivity index (χ3n) is 3.60. The molecule has 7 nitrogen and oxygen atoms in total. The quantitative estimate of drug-likeness (QED) is 0.885. The number of carbonyl (C=O) groups excluding carboxylic acids is 1. The van der Waals surface area contributed by atoms with Crippen molar-refractivity contribution >= 4 is 21.6 Å². The van der Waals surface area contributed by atoms with Crippen LogP contribution in [0, 0.1) is 20.8 Å². The first-order valence-electron chi connectivity index (χ1n) is 7.03. The van der Waals surface area contributed by atoms with Gasteiger partial charge in [-0.1, -0.05) is 11.6 Å². The van der Waals surface area contributed by atoms with Gasteiger partial charge >= 0.3 is 0 Å².